The lowest BCUT2D eigenvalue weighted by Gasteiger charge is -2.10. The van der Waals surface area contributed by atoms with Crippen molar-refractivity contribution in [1.82, 2.24) is 19.9 Å². The summed E-state index contributed by atoms with van der Waals surface area (Å²) >= 11 is 1.39. The van der Waals surface area contributed by atoms with E-state index >= 15 is 0 Å². The molecule has 0 bridgehead atoms. The average molecular weight is 367 g/mol. The maximum atomic E-state index is 13.0. The Morgan fingerprint density at radius 3 is 2.58 bits per heavy atom. The van der Waals surface area contributed by atoms with E-state index in [1.807, 2.05) is 0 Å². The van der Waals surface area contributed by atoms with Gasteiger partial charge in [-0.2, -0.15) is 20.2 Å². The fraction of sp³-hybridized carbons (Fsp3) is 0.118. The molecule has 0 saturated carbocycles. The van der Waals surface area contributed by atoms with Crippen LogP contribution in [0.5, 0.6) is 0 Å². The predicted octanol–water partition coefficient (Wildman–Crippen LogP) is 2.85. The molecule has 9 heteroatoms. The van der Waals surface area contributed by atoms with Gasteiger partial charge in [0.05, 0.1) is 11.3 Å². The first-order valence-electron chi connectivity index (χ1n) is 7.49. The van der Waals surface area contributed by atoms with Crippen molar-refractivity contribution >= 4 is 34.9 Å². The molecule has 0 unspecified atom stereocenters. The zero-order valence-corrected chi connectivity index (χ0v) is 14.8. The lowest BCUT2D eigenvalue weighted by atomic mass is 10.2. The molecule has 1 aromatic carbocycles. The number of nitrogen functional groups attached to an aromatic ring is 1. The first-order chi connectivity index (χ1) is 12.5. The van der Waals surface area contributed by atoms with Crippen LogP contribution >= 0.6 is 11.3 Å². The zero-order valence-electron chi connectivity index (χ0n) is 14.0. The van der Waals surface area contributed by atoms with Crippen LogP contribution in [0, 0.1) is 17.1 Å². The number of rotatable bonds is 4. The Balaban J connectivity index is 1.96. The van der Waals surface area contributed by atoms with Crippen LogP contribution < -0.4 is 10.6 Å². The smallest absolute Gasteiger partial charge is 0.230 e. The molecule has 0 fully saturated rings. The van der Waals surface area contributed by atoms with E-state index in [2.05, 4.69) is 26.0 Å². The van der Waals surface area contributed by atoms with Gasteiger partial charge in [0.15, 0.2) is 5.82 Å². The minimum absolute atomic E-state index is 0.0325. The Morgan fingerprint density at radius 2 is 1.92 bits per heavy atom. The molecule has 2 heterocycles. The molecule has 0 aliphatic heterocycles. The lowest BCUT2D eigenvalue weighted by molar-refractivity contribution is 0.628. The molecule has 26 heavy (non-hydrogen) atoms. The van der Waals surface area contributed by atoms with E-state index in [-0.39, 0.29) is 23.2 Å². The van der Waals surface area contributed by atoms with E-state index in [4.69, 9.17) is 5.73 Å². The number of anilines is 2. The highest BCUT2D eigenvalue weighted by atomic mass is 32.1. The fourth-order valence-corrected chi connectivity index (χ4v) is 2.86. The largest absolute Gasteiger partial charge is 0.368 e. The Kier molecular flexibility index (Phi) is 4.86. The monoisotopic (exact) mass is 367 g/mol. The number of nitriles is 1. The Hall–Kier alpha value is -3.38. The predicted molar refractivity (Wildman–Crippen MR) is 99.6 cm³/mol. The minimum atomic E-state index is -0.304. The Morgan fingerprint density at radius 1 is 1.19 bits per heavy atom. The van der Waals surface area contributed by atoms with Crippen LogP contribution in [0.1, 0.15) is 11.5 Å². The molecule has 3 rings (SSSR count). The van der Waals surface area contributed by atoms with Gasteiger partial charge < -0.3 is 10.6 Å². The van der Waals surface area contributed by atoms with Gasteiger partial charge in [-0.05, 0) is 30.3 Å². The van der Waals surface area contributed by atoms with Gasteiger partial charge >= 0.3 is 0 Å². The number of halogens is 1. The topological polar surface area (TPSA) is 105 Å². The van der Waals surface area contributed by atoms with Gasteiger partial charge in [0.2, 0.25) is 11.9 Å². The number of thiazole rings is 1. The van der Waals surface area contributed by atoms with Crippen molar-refractivity contribution in [3.05, 3.63) is 47.0 Å². The maximum absolute atomic E-state index is 13.0. The van der Waals surface area contributed by atoms with Crippen molar-refractivity contribution in [2.24, 2.45) is 0 Å². The number of hydrogen-bond acceptors (Lipinski definition) is 8. The molecule has 3 aromatic rings. The van der Waals surface area contributed by atoms with Crippen LogP contribution in [0.15, 0.2) is 29.6 Å². The fourth-order valence-electron chi connectivity index (χ4n) is 2.07. The number of benzene rings is 1. The molecule has 0 radical (unpaired) electrons. The van der Waals surface area contributed by atoms with Crippen LogP contribution in [-0.4, -0.2) is 34.0 Å². The van der Waals surface area contributed by atoms with Crippen LogP contribution in [0.4, 0.5) is 16.3 Å². The quantitative estimate of drug-likeness (QED) is 0.707. The summed E-state index contributed by atoms with van der Waals surface area (Å²) in [4.78, 5) is 18.4. The molecule has 2 N–H and O–H groups in total. The van der Waals surface area contributed by atoms with Gasteiger partial charge in [0.1, 0.15) is 16.9 Å². The first kappa shape index (κ1) is 17.4. The molecule has 0 spiro atoms. The van der Waals surface area contributed by atoms with Gasteiger partial charge in [-0.15, -0.1) is 11.3 Å². The van der Waals surface area contributed by atoms with Crippen LogP contribution in [0.3, 0.4) is 0 Å². The summed E-state index contributed by atoms with van der Waals surface area (Å²) in [6.07, 6.45) is 1.58. The molecular formula is C17H14FN7S. The second-order valence-corrected chi connectivity index (χ2v) is 6.32. The minimum Gasteiger partial charge on any atom is -0.368 e. The van der Waals surface area contributed by atoms with Gasteiger partial charge in [-0.3, -0.25) is 0 Å². The number of nitrogens with zero attached hydrogens (tertiary/aromatic N) is 6. The molecule has 0 atom stereocenters. The van der Waals surface area contributed by atoms with Gasteiger partial charge in [-0.1, -0.05) is 0 Å². The summed E-state index contributed by atoms with van der Waals surface area (Å²) in [6, 6.07) is 8.13. The van der Waals surface area contributed by atoms with Crippen molar-refractivity contribution in [2.45, 2.75) is 0 Å². The van der Waals surface area contributed by atoms with Crippen molar-refractivity contribution in [3.63, 3.8) is 0 Å². The molecule has 7 nitrogen and oxygen atoms in total. The number of aromatic nitrogens is 4. The Labute approximate surface area is 153 Å². The third kappa shape index (κ3) is 3.81. The van der Waals surface area contributed by atoms with Crippen LogP contribution in [0.2, 0.25) is 0 Å². The van der Waals surface area contributed by atoms with E-state index in [9.17, 15) is 9.65 Å². The average Bonchev–Trinajstić information content (AvgIpc) is 3.08. The summed E-state index contributed by atoms with van der Waals surface area (Å²) < 4.78 is 13.0. The molecule has 0 aliphatic rings. The zero-order chi connectivity index (χ0) is 18.7. The van der Waals surface area contributed by atoms with E-state index in [0.29, 0.717) is 11.6 Å². The summed E-state index contributed by atoms with van der Waals surface area (Å²) in [5.41, 5.74) is 7.31. The number of hydrogen-bond donors (Lipinski definition) is 1. The molecular weight excluding hydrogens is 353 g/mol. The molecule has 0 amide bonds. The second-order valence-electron chi connectivity index (χ2n) is 5.47. The van der Waals surface area contributed by atoms with Crippen molar-refractivity contribution in [1.29, 1.82) is 5.26 Å². The highest BCUT2D eigenvalue weighted by Gasteiger charge is 2.12. The van der Waals surface area contributed by atoms with Gasteiger partial charge in [0, 0.05) is 25.0 Å². The molecule has 0 saturated heterocycles. The standard InChI is InChI=1S/C17H14FN7S/c1-25(2)17-23-14(22-16(20)24-17)11(8-19)7-13-9-26-15(21-13)10-3-5-12(18)6-4-10/h3-7,9H,1-2H3,(H2,20,22,23,24)/b11-7+. The lowest BCUT2D eigenvalue weighted by Crippen LogP contribution is -2.15. The van der Waals surface area contributed by atoms with Gasteiger partial charge in [-0.25, -0.2) is 9.37 Å². The third-order valence-electron chi connectivity index (χ3n) is 3.31. The SMILES string of the molecule is CN(C)c1nc(N)nc(/C(C#N)=C/c2csc(-c3ccc(F)cc3)n2)n1. The normalized spacial score (nSPS) is 11.2. The van der Waals surface area contributed by atoms with E-state index in [0.717, 1.165) is 10.6 Å². The molecule has 130 valence electrons. The highest BCUT2D eigenvalue weighted by molar-refractivity contribution is 7.13. The number of nitrogens with two attached hydrogens (primary N) is 1. The van der Waals surface area contributed by atoms with Gasteiger partial charge in [0.25, 0.3) is 0 Å². The van der Waals surface area contributed by atoms with Crippen LogP contribution in [0.25, 0.3) is 22.2 Å². The highest BCUT2D eigenvalue weighted by Crippen LogP contribution is 2.26. The van der Waals surface area contributed by atoms with E-state index in [1.54, 1.807) is 42.6 Å². The first-order valence-corrected chi connectivity index (χ1v) is 8.37. The summed E-state index contributed by atoms with van der Waals surface area (Å²) in [7, 11) is 3.54. The second kappa shape index (κ2) is 7.25. The van der Waals surface area contributed by atoms with E-state index < -0.39 is 0 Å². The Bertz CT molecular complexity index is 1000. The molecule has 0 aliphatic carbocycles. The van der Waals surface area contributed by atoms with E-state index in [1.165, 1.54) is 23.5 Å². The van der Waals surface area contributed by atoms with Crippen molar-refractivity contribution in [2.75, 3.05) is 24.7 Å². The molecule has 2 aromatic heterocycles. The summed E-state index contributed by atoms with van der Waals surface area (Å²) in [5.74, 6) is 0.269. The maximum Gasteiger partial charge on any atom is 0.230 e. The third-order valence-corrected chi connectivity index (χ3v) is 4.22. The summed E-state index contributed by atoms with van der Waals surface area (Å²) in [5, 5.41) is 12.0. The van der Waals surface area contributed by atoms with Crippen molar-refractivity contribution in [3.8, 4) is 16.6 Å². The number of allylic oxidation sites excluding steroid dienone is 1. The van der Waals surface area contributed by atoms with Crippen LogP contribution in [-0.2, 0) is 0 Å². The summed E-state index contributed by atoms with van der Waals surface area (Å²) in [6.45, 7) is 0. The van der Waals surface area contributed by atoms with Crippen molar-refractivity contribution < 1.29 is 4.39 Å².